The summed E-state index contributed by atoms with van der Waals surface area (Å²) < 4.78 is 68.9. The summed E-state index contributed by atoms with van der Waals surface area (Å²) in [6, 6.07) is 12.9. The highest BCUT2D eigenvalue weighted by Crippen LogP contribution is 2.43. The summed E-state index contributed by atoms with van der Waals surface area (Å²) in [7, 11) is 0. The van der Waals surface area contributed by atoms with E-state index in [9.17, 15) is 31.9 Å². The lowest BCUT2D eigenvalue weighted by atomic mass is 9.81. The van der Waals surface area contributed by atoms with Gasteiger partial charge < -0.3 is 14.9 Å². The van der Waals surface area contributed by atoms with E-state index < -0.39 is 35.4 Å². The summed E-state index contributed by atoms with van der Waals surface area (Å²) in [6.45, 7) is 4.78. The number of aromatic carboxylic acids is 1. The third-order valence-corrected chi connectivity index (χ3v) is 9.18. The van der Waals surface area contributed by atoms with Crippen molar-refractivity contribution in [1.29, 1.82) is 0 Å². The minimum Gasteiger partial charge on any atom is -0.478 e. The number of carboxylic acid groups (broad SMARTS) is 1. The Hall–Kier alpha value is -3.38. The number of hydrogen-bond acceptors (Lipinski definition) is 5. The van der Waals surface area contributed by atoms with E-state index >= 15 is 0 Å². The molecule has 2 aliphatic heterocycles. The van der Waals surface area contributed by atoms with Gasteiger partial charge in [-0.1, -0.05) is 29.8 Å². The minimum absolute atomic E-state index is 0.0110. The molecule has 1 aromatic heterocycles. The van der Waals surface area contributed by atoms with Crippen LogP contribution in [0.5, 0.6) is 0 Å². The normalized spacial score (nSPS) is 21.4. The number of anilines is 2. The number of piperidine rings is 1. The number of carboxylic acids is 1. The summed E-state index contributed by atoms with van der Waals surface area (Å²) in [4.78, 5) is 18.0. The van der Waals surface area contributed by atoms with Gasteiger partial charge in [0.25, 0.3) is 0 Å². The Bertz CT molecular complexity index is 1500. The Kier molecular flexibility index (Phi) is 8.25. The topological polar surface area (TPSA) is 64.8 Å². The first-order chi connectivity index (χ1) is 20.9. The number of piperazine rings is 1. The van der Waals surface area contributed by atoms with Gasteiger partial charge >= 0.3 is 12.1 Å². The van der Waals surface area contributed by atoms with Gasteiger partial charge in [-0.3, -0.25) is 9.58 Å². The standard InChI is InChI=1S/C31H33ClF5N5O2/c32-22-5-8-25(21-3-6-23(7-4-21)40-12-10-39(11-13-40)18-20-15-30(33,34)16-20)27(14-22)41-9-1-2-24(19-41)42-28(31(35,36)37)26(17-38-42)29(43)44/h3-8,14,17,20,24H,1-2,9-13,15-16,18-19H2,(H,43,44). The fourth-order valence-corrected chi connectivity index (χ4v) is 6.95. The molecule has 1 unspecified atom stereocenters. The van der Waals surface area contributed by atoms with Crippen molar-refractivity contribution in [2.75, 3.05) is 55.6 Å². The second kappa shape index (κ2) is 11.8. The van der Waals surface area contributed by atoms with Crippen LogP contribution in [0, 0.1) is 5.92 Å². The maximum Gasteiger partial charge on any atom is 0.433 e. The Morgan fingerprint density at radius 1 is 1.00 bits per heavy atom. The maximum absolute atomic E-state index is 13.9. The molecule has 1 atom stereocenters. The molecule has 0 amide bonds. The van der Waals surface area contributed by atoms with Crippen LogP contribution in [0.4, 0.5) is 33.3 Å². The molecule has 13 heteroatoms. The van der Waals surface area contributed by atoms with Crippen LogP contribution in [-0.4, -0.2) is 77.5 Å². The van der Waals surface area contributed by atoms with Crippen molar-refractivity contribution in [2.24, 2.45) is 5.92 Å². The molecule has 3 heterocycles. The molecule has 0 radical (unpaired) electrons. The number of benzene rings is 2. The molecule has 7 nitrogen and oxygen atoms in total. The Labute approximate surface area is 256 Å². The van der Waals surface area contributed by atoms with Crippen molar-refractivity contribution in [3.05, 3.63) is 64.9 Å². The molecule has 3 aliphatic rings. The Balaban J connectivity index is 1.17. The van der Waals surface area contributed by atoms with E-state index in [0.717, 1.165) is 66.1 Å². The Morgan fingerprint density at radius 3 is 2.34 bits per heavy atom. The highest BCUT2D eigenvalue weighted by molar-refractivity contribution is 6.31. The van der Waals surface area contributed by atoms with Gasteiger partial charge in [0.1, 0.15) is 5.56 Å². The molecule has 236 valence electrons. The summed E-state index contributed by atoms with van der Waals surface area (Å²) in [5, 5.41) is 13.7. The number of hydrogen-bond donors (Lipinski definition) is 1. The second-order valence-corrected chi connectivity index (χ2v) is 12.5. The predicted molar refractivity (Wildman–Crippen MR) is 158 cm³/mol. The van der Waals surface area contributed by atoms with E-state index in [1.807, 2.05) is 35.2 Å². The van der Waals surface area contributed by atoms with Crippen molar-refractivity contribution in [3.63, 3.8) is 0 Å². The van der Waals surface area contributed by atoms with Gasteiger partial charge in [-0.25, -0.2) is 13.6 Å². The van der Waals surface area contributed by atoms with Crippen LogP contribution in [0.3, 0.4) is 0 Å². The zero-order valence-electron chi connectivity index (χ0n) is 23.9. The fourth-order valence-electron chi connectivity index (χ4n) is 6.78. The summed E-state index contributed by atoms with van der Waals surface area (Å²) in [6.07, 6.45) is -3.11. The van der Waals surface area contributed by atoms with Crippen molar-refractivity contribution in [2.45, 2.75) is 43.8 Å². The molecule has 2 saturated heterocycles. The highest BCUT2D eigenvalue weighted by atomic mass is 35.5. The van der Waals surface area contributed by atoms with Crippen LogP contribution in [0.15, 0.2) is 48.7 Å². The SMILES string of the molecule is O=C(O)c1cnn(C2CCCN(c3cc(Cl)ccc3-c3ccc(N4CCN(CC5CC(F)(F)C5)CC4)cc3)C2)c1C(F)(F)F. The van der Waals surface area contributed by atoms with Crippen LogP contribution < -0.4 is 9.80 Å². The third kappa shape index (κ3) is 6.37. The monoisotopic (exact) mass is 637 g/mol. The zero-order valence-corrected chi connectivity index (χ0v) is 24.7. The molecule has 0 spiro atoms. The first-order valence-electron chi connectivity index (χ1n) is 14.8. The number of nitrogens with zero attached hydrogens (tertiary/aromatic N) is 5. The average molecular weight is 638 g/mol. The number of rotatable bonds is 7. The fraction of sp³-hybridized carbons (Fsp3) is 0.484. The maximum atomic E-state index is 13.9. The van der Waals surface area contributed by atoms with Crippen molar-refractivity contribution in [1.82, 2.24) is 14.7 Å². The predicted octanol–water partition coefficient (Wildman–Crippen LogP) is 6.93. The minimum atomic E-state index is -4.86. The molecule has 6 rings (SSSR count). The number of aromatic nitrogens is 2. The van der Waals surface area contributed by atoms with Crippen LogP contribution in [0.25, 0.3) is 11.1 Å². The van der Waals surface area contributed by atoms with Crippen molar-refractivity contribution < 1.29 is 31.9 Å². The first-order valence-corrected chi connectivity index (χ1v) is 15.1. The quantitative estimate of drug-likeness (QED) is 0.284. The van der Waals surface area contributed by atoms with Gasteiger partial charge in [0.05, 0.1) is 12.2 Å². The molecule has 44 heavy (non-hydrogen) atoms. The highest BCUT2D eigenvalue weighted by Gasteiger charge is 2.46. The molecule has 1 saturated carbocycles. The molecule has 1 aliphatic carbocycles. The van der Waals surface area contributed by atoms with Crippen LogP contribution in [-0.2, 0) is 6.18 Å². The number of halogens is 6. The van der Waals surface area contributed by atoms with E-state index in [0.29, 0.717) is 24.4 Å². The van der Waals surface area contributed by atoms with E-state index in [1.54, 1.807) is 12.1 Å². The number of alkyl halides is 5. The summed E-state index contributed by atoms with van der Waals surface area (Å²) in [5.41, 5.74) is 1.54. The molecule has 2 aromatic carbocycles. The van der Waals surface area contributed by atoms with E-state index in [1.165, 1.54) is 0 Å². The second-order valence-electron chi connectivity index (χ2n) is 12.0. The molecule has 3 fully saturated rings. The van der Waals surface area contributed by atoms with Crippen LogP contribution in [0.1, 0.15) is 47.8 Å². The van der Waals surface area contributed by atoms with Gasteiger partial charge in [0.2, 0.25) is 5.92 Å². The van der Waals surface area contributed by atoms with E-state index in [4.69, 9.17) is 11.6 Å². The van der Waals surface area contributed by atoms with Gasteiger partial charge in [-0.05, 0) is 48.6 Å². The molecule has 3 aromatic rings. The lowest BCUT2D eigenvalue weighted by Gasteiger charge is -2.41. The molecule has 1 N–H and O–H groups in total. The van der Waals surface area contributed by atoms with Crippen molar-refractivity contribution >= 4 is 28.9 Å². The smallest absolute Gasteiger partial charge is 0.433 e. The molecule has 0 bridgehead atoms. The zero-order chi connectivity index (χ0) is 31.2. The molecular formula is C31H33ClF5N5O2. The summed E-state index contributed by atoms with van der Waals surface area (Å²) in [5.74, 6) is -4.08. The summed E-state index contributed by atoms with van der Waals surface area (Å²) >= 11 is 6.39. The van der Waals surface area contributed by atoms with E-state index in [-0.39, 0.29) is 25.3 Å². The van der Waals surface area contributed by atoms with Crippen LogP contribution >= 0.6 is 11.6 Å². The molecular weight excluding hydrogens is 605 g/mol. The van der Waals surface area contributed by atoms with Gasteiger partial charge in [-0.15, -0.1) is 0 Å². The van der Waals surface area contributed by atoms with E-state index in [2.05, 4.69) is 14.9 Å². The first kappa shape index (κ1) is 30.6. The van der Waals surface area contributed by atoms with Crippen LogP contribution in [0.2, 0.25) is 5.02 Å². The Morgan fingerprint density at radius 2 is 1.70 bits per heavy atom. The van der Waals surface area contributed by atoms with Gasteiger partial charge in [0.15, 0.2) is 5.69 Å². The van der Waals surface area contributed by atoms with Crippen molar-refractivity contribution in [3.8, 4) is 11.1 Å². The third-order valence-electron chi connectivity index (χ3n) is 8.94. The lowest BCUT2D eigenvalue weighted by Crippen LogP contribution is -2.50. The van der Waals surface area contributed by atoms with Gasteiger partial charge in [-0.2, -0.15) is 18.3 Å². The average Bonchev–Trinajstić information content (AvgIpc) is 3.44. The lowest BCUT2D eigenvalue weighted by molar-refractivity contribution is -0.145. The number of carbonyl (C=O) groups is 1. The largest absolute Gasteiger partial charge is 0.478 e. The van der Waals surface area contributed by atoms with Gasteiger partial charge in [0, 0.05) is 80.6 Å².